The highest BCUT2D eigenvalue weighted by Gasteiger charge is 2.19. The van der Waals surface area contributed by atoms with Crippen LogP contribution in [-0.4, -0.2) is 47.9 Å². The number of aromatic nitrogens is 1. The number of carbonyl (C=O) groups is 3. The molecule has 3 aromatic rings. The first-order chi connectivity index (χ1) is 15.4. The van der Waals surface area contributed by atoms with E-state index in [0.717, 1.165) is 9.80 Å². The van der Waals surface area contributed by atoms with Gasteiger partial charge in [-0.15, -0.1) is 0 Å². The van der Waals surface area contributed by atoms with Crippen molar-refractivity contribution in [1.29, 1.82) is 0 Å². The highest BCUT2D eigenvalue weighted by atomic mass is 32.2. The third-order valence-corrected chi connectivity index (χ3v) is 5.24. The first kappa shape index (κ1) is 23.0. The zero-order valence-corrected chi connectivity index (χ0v) is 18.0. The van der Waals surface area contributed by atoms with Crippen molar-refractivity contribution >= 4 is 35.2 Å². The Balaban J connectivity index is 1.52. The van der Waals surface area contributed by atoms with Crippen LogP contribution in [0.4, 0.5) is 10.1 Å². The van der Waals surface area contributed by atoms with Crippen LogP contribution in [0, 0.1) is 5.82 Å². The quantitative estimate of drug-likeness (QED) is 0.524. The van der Waals surface area contributed by atoms with Crippen molar-refractivity contribution in [2.75, 3.05) is 25.5 Å². The number of anilines is 1. The van der Waals surface area contributed by atoms with E-state index in [2.05, 4.69) is 10.3 Å². The molecule has 1 aromatic heterocycles. The van der Waals surface area contributed by atoms with Gasteiger partial charge >= 0.3 is 5.97 Å². The number of hydrogen-bond acceptors (Lipinski definition) is 6. The number of amides is 2. The van der Waals surface area contributed by atoms with E-state index >= 15 is 0 Å². The van der Waals surface area contributed by atoms with Crippen LogP contribution in [-0.2, 0) is 14.3 Å². The summed E-state index contributed by atoms with van der Waals surface area (Å²) in [6, 6.07) is 17.9. The van der Waals surface area contributed by atoms with Gasteiger partial charge in [0.05, 0.1) is 12.1 Å². The summed E-state index contributed by atoms with van der Waals surface area (Å²) in [5.41, 5.74) is 0.648. The number of likely N-dealkylation sites (N-methyl/N-ethyl adjacent to an activating group) is 1. The van der Waals surface area contributed by atoms with Crippen LogP contribution < -0.4 is 5.32 Å². The number of rotatable bonds is 8. The van der Waals surface area contributed by atoms with Gasteiger partial charge in [-0.05, 0) is 48.5 Å². The first-order valence-electron chi connectivity index (χ1n) is 9.57. The molecule has 1 heterocycles. The number of nitrogens with zero attached hydrogens (tertiary/aromatic N) is 2. The highest BCUT2D eigenvalue weighted by molar-refractivity contribution is 7.99. The molecule has 2 aromatic carbocycles. The van der Waals surface area contributed by atoms with Gasteiger partial charge in [0.1, 0.15) is 10.8 Å². The number of esters is 1. The van der Waals surface area contributed by atoms with Gasteiger partial charge in [-0.25, -0.2) is 14.2 Å². The molecule has 0 aliphatic rings. The number of ether oxygens (including phenoxy) is 1. The third-order valence-electron chi connectivity index (χ3n) is 4.21. The topological polar surface area (TPSA) is 88.6 Å². The average Bonchev–Trinajstić information content (AvgIpc) is 2.79. The van der Waals surface area contributed by atoms with E-state index in [0.29, 0.717) is 10.7 Å². The second kappa shape index (κ2) is 11.1. The van der Waals surface area contributed by atoms with E-state index < -0.39 is 30.2 Å². The molecular formula is C23H20FN3O4S. The summed E-state index contributed by atoms with van der Waals surface area (Å²) < 4.78 is 18.1. The predicted molar refractivity (Wildman–Crippen MR) is 118 cm³/mol. The van der Waals surface area contributed by atoms with Gasteiger partial charge in [0, 0.05) is 23.8 Å². The van der Waals surface area contributed by atoms with Crippen LogP contribution >= 0.6 is 11.8 Å². The van der Waals surface area contributed by atoms with Gasteiger partial charge in [0.15, 0.2) is 6.61 Å². The molecule has 164 valence electrons. The lowest BCUT2D eigenvalue weighted by molar-refractivity contribution is -0.136. The normalized spacial score (nSPS) is 10.3. The Bertz CT molecular complexity index is 1090. The molecule has 1 N–H and O–H groups in total. The Morgan fingerprint density at radius 3 is 2.47 bits per heavy atom. The maximum Gasteiger partial charge on any atom is 0.341 e. The van der Waals surface area contributed by atoms with E-state index in [1.165, 1.54) is 43.1 Å². The summed E-state index contributed by atoms with van der Waals surface area (Å²) in [4.78, 5) is 43.1. The fourth-order valence-electron chi connectivity index (χ4n) is 2.58. The molecule has 0 saturated heterocycles. The maximum atomic E-state index is 12.9. The highest BCUT2D eigenvalue weighted by Crippen LogP contribution is 2.28. The maximum absolute atomic E-state index is 12.9. The van der Waals surface area contributed by atoms with E-state index in [9.17, 15) is 18.8 Å². The number of carbonyl (C=O) groups excluding carboxylic acids is 3. The summed E-state index contributed by atoms with van der Waals surface area (Å²) in [7, 11) is 1.42. The van der Waals surface area contributed by atoms with Gasteiger partial charge in [-0.2, -0.15) is 0 Å². The van der Waals surface area contributed by atoms with Crippen LogP contribution in [0.15, 0.2) is 82.8 Å². The Morgan fingerprint density at radius 2 is 1.75 bits per heavy atom. The molecule has 0 saturated carbocycles. The lowest BCUT2D eigenvalue weighted by Crippen LogP contribution is -2.37. The van der Waals surface area contributed by atoms with E-state index in [1.807, 2.05) is 30.3 Å². The van der Waals surface area contributed by atoms with E-state index in [-0.39, 0.29) is 12.1 Å². The average molecular weight is 453 g/mol. The minimum atomic E-state index is -0.686. The summed E-state index contributed by atoms with van der Waals surface area (Å²) >= 11 is 1.31. The largest absolute Gasteiger partial charge is 0.452 e. The van der Waals surface area contributed by atoms with Crippen molar-refractivity contribution in [3.63, 3.8) is 0 Å². The molecule has 2 amide bonds. The van der Waals surface area contributed by atoms with Gasteiger partial charge in [-0.3, -0.25) is 9.59 Å². The Labute approximate surface area is 188 Å². The number of nitrogens with one attached hydrogen (secondary N) is 1. The Kier molecular flexibility index (Phi) is 7.93. The minimum absolute atomic E-state index is 0.242. The molecule has 0 fully saturated rings. The van der Waals surface area contributed by atoms with E-state index in [4.69, 9.17) is 4.74 Å². The van der Waals surface area contributed by atoms with Gasteiger partial charge < -0.3 is 15.0 Å². The standard InChI is InChI=1S/C23H20FN3O4S/c1-27(14-20(28)26-17-11-9-16(24)10-12-17)21(29)15-31-23(30)19-8-5-13-25-22(19)32-18-6-3-2-4-7-18/h2-13H,14-15H2,1H3,(H,26,28). The Morgan fingerprint density at radius 1 is 1.03 bits per heavy atom. The van der Waals surface area contributed by atoms with Gasteiger partial charge in [-0.1, -0.05) is 30.0 Å². The number of halogens is 1. The molecule has 9 heteroatoms. The number of pyridine rings is 1. The molecule has 32 heavy (non-hydrogen) atoms. The molecule has 0 aliphatic carbocycles. The lowest BCUT2D eigenvalue weighted by atomic mass is 10.3. The van der Waals surface area contributed by atoms with Crippen LogP contribution in [0.1, 0.15) is 10.4 Å². The van der Waals surface area contributed by atoms with Crippen LogP contribution in [0.25, 0.3) is 0 Å². The molecule has 0 spiro atoms. The van der Waals surface area contributed by atoms with Gasteiger partial charge in [0.25, 0.3) is 5.91 Å². The van der Waals surface area contributed by atoms with Crippen molar-refractivity contribution < 1.29 is 23.5 Å². The molecule has 0 atom stereocenters. The minimum Gasteiger partial charge on any atom is -0.452 e. The van der Waals surface area contributed by atoms with Crippen LogP contribution in [0.5, 0.6) is 0 Å². The molecule has 0 unspecified atom stereocenters. The lowest BCUT2D eigenvalue weighted by Gasteiger charge is -2.17. The molecular weight excluding hydrogens is 433 g/mol. The fourth-order valence-corrected chi connectivity index (χ4v) is 3.47. The Hall–Kier alpha value is -3.72. The smallest absolute Gasteiger partial charge is 0.341 e. The number of benzene rings is 2. The second-order valence-corrected chi connectivity index (χ2v) is 7.71. The van der Waals surface area contributed by atoms with Gasteiger partial charge in [0.2, 0.25) is 5.91 Å². The van der Waals surface area contributed by atoms with Crippen molar-refractivity contribution in [3.05, 3.63) is 84.3 Å². The van der Waals surface area contributed by atoms with Crippen LogP contribution in [0.2, 0.25) is 0 Å². The SMILES string of the molecule is CN(CC(=O)Nc1ccc(F)cc1)C(=O)COC(=O)c1cccnc1Sc1ccccc1. The number of hydrogen-bond donors (Lipinski definition) is 1. The van der Waals surface area contributed by atoms with Crippen molar-refractivity contribution in [1.82, 2.24) is 9.88 Å². The summed E-state index contributed by atoms with van der Waals surface area (Å²) in [6.07, 6.45) is 1.57. The van der Waals surface area contributed by atoms with Crippen molar-refractivity contribution in [2.24, 2.45) is 0 Å². The van der Waals surface area contributed by atoms with Crippen LogP contribution in [0.3, 0.4) is 0 Å². The van der Waals surface area contributed by atoms with Crippen molar-refractivity contribution in [2.45, 2.75) is 9.92 Å². The molecule has 0 aliphatic heterocycles. The first-order valence-corrected chi connectivity index (χ1v) is 10.4. The summed E-state index contributed by atoms with van der Waals surface area (Å²) in [6.45, 7) is -0.779. The second-order valence-electron chi connectivity index (χ2n) is 6.65. The summed E-state index contributed by atoms with van der Waals surface area (Å²) in [5, 5.41) is 3.02. The van der Waals surface area contributed by atoms with Crippen molar-refractivity contribution in [3.8, 4) is 0 Å². The molecule has 3 rings (SSSR count). The van der Waals surface area contributed by atoms with E-state index in [1.54, 1.807) is 18.3 Å². The predicted octanol–water partition coefficient (Wildman–Crippen LogP) is 3.63. The molecule has 0 radical (unpaired) electrons. The molecule has 7 nitrogen and oxygen atoms in total. The monoisotopic (exact) mass is 453 g/mol. The fraction of sp³-hybridized carbons (Fsp3) is 0.130. The zero-order valence-electron chi connectivity index (χ0n) is 17.2. The summed E-state index contributed by atoms with van der Waals surface area (Å²) in [5.74, 6) is -2.12. The third kappa shape index (κ3) is 6.64. The molecule has 0 bridgehead atoms. The zero-order chi connectivity index (χ0) is 22.9.